The van der Waals surface area contributed by atoms with E-state index in [1.807, 2.05) is 53.4 Å². The number of halogens is 1. The average Bonchev–Trinajstić information content (AvgIpc) is 3.24. The second kappa shape index (κ2) is 8.14. The van der Waals surface area contributed by atoms with Crippen molar-refractivity contribution in [1.29, 1.82) is 0 Å². The summed E-state index contributed by atoms with van der Waals surface area (Å²) in [5.74, 6) is 2.15. The number of likely N-dealkylation sites (tertiary alicyclic amines) is 1. The van der Waals surface area contributed by atoms with Crippen LogP contribution in [0, 0.1) is 0 Å². The van der Waals surface area contributed by atoms with Crippen molar-refractivity contribution >= 4 is 21.8 Å². The number of benzene rings is 2. The molecule has 1 aliphatic rings. The van der Waals surface area contributed by atoms with E-state index in [-0.39, 0.29) is 11.8 Å². The number of aromatic nitrogens is 2. The molecule has 6 nitrogen and oxygen atoms in total. The van der Waals surface area contributed by atoms with Gasteiger partial charge in [0.05, 0.1) is 12.7 Å². The summed E-state index contributed by atoms with van der Waals surface area (Å²) in [7, 11) is 1.63. The average molecular weight is 442 g/mol. The number of hydrogen-bond donors (Lipinski definition) is 0. The molecule has 0 unspecified atom stereocenters. The fraction of sp³-hybridized carbons (Fsp3) is 0.286. The molecule has 0 atom stereocenters. The summed E-state index contributed by atoms with van der Waals surface area (Å²) in [5, 5.41) is 4.12. The Balaban J connectivity index is 1.42. The van der Waals surface area contributed by atoms with E-state index >= 15 is 0 Å². The first-order valence-corrected chi connectivity index (χ1v) is 9.97. The first-order chi connectivity index (χ1) is 13.7. The van der Waals surface area contributed by atoms with Crippen LogP contribution in [0.4, 0.5) is 0 Å². The number of carbonyl (C=O) groups is 1. The van der Waals surface area contributed by atoms with E-state index in [1.165, 1.54) is 0 Å². The summed E-state index contributed by atoms with van der Waals surface area (Å²) < 4.78 is 11.6. The van der Waals surface area contributed by atoms with Crippen molar-refractivity contribution in [3.8, 4) is 17.1 Å². The first-order valence-electron chi connectivity index (χ1n) is 9.17. The zero-order chi connectivity index (χ0) is 19.5. The van der Waals surface area contributed by atoms with Crippen LogP contribution in [0.3, 0.4) is 0 Å². The fourth-order valence-corrected chi connectivity index (χ4v) is 3.87. The summed E-state index contributed by atoms with van der Waals surface area (Å²) >= 11 is 3.46. The van der Waals surface area contributed by atoms with Gasteiger partial charge in [-0.2, -0.15) is 4.98 Å². The van der Waals surface area contributed by atoms with Crippen molar-refractivity contribution in [1.82, 2.24) is 15.0 Å². The minimum absolute atomic E-state index is 0.0496. The fourth-order valence-electron chi connectivity index (χ4n) is 3.41. The zero-order valence-corrected chi connectivity index (χ0v) is 17.1. The maximum Gasteiger partial charge on any atom is 0.254 e. The maximum absolute atomic E-state index is 12.7. The van der Waals surface area contributed by atoms with E-state index in [0.717, 1.165) is 28.6 Å². The molecule has 7 heteroatoms. The molecule has 0 bridgehead atoms. The smallest absolute Gasteiger partial charge is 0.254 e. The third-order valence-electron chi connectivity index (χ3n) is 5.01. The van der Waals surface area contributed by atoms with E-state index in [2.05, 4.69) is 26.1 Å². The lowest BCUT2D eigenvalue weighted by atomic mass is 9.96. The van der Waals surface area contributed by atoms with Crippen LogP contribution < -0.4 is 4.74 Å². The van der Waals surface area contributed by atoms with Gasteiger partial charge in [-0.15, -0.1) is 0 Å². The number of methoxy groups -OCH3 is 1. The zero-order valence-electron chi connectivity index (χ0n) is 15.5. The minimum Gasteiger partial charge on any atom is -0.497 e. The van der Waals surface area contributed by atoms with Gasteiger partial charge in [-0.1, -0.05) is 29.4 Å². The van der Waals surface area contributed by atoms with E-state index in [4.69, 9.17) is 9.26 Å². The van der Waals surface area contributed by atoms with Crippen LogP contribution in [-0.4, -0.2) is 41.1 Å². The Morgan fingerprint density at radius 3 is 2.71 bits per heavy atom. The van der Waals surface area contributed by atoms with Crippen molar-refractivity contribution in [2.45, 2.75) is 18.8 Å². The molecule has 3 aromatic rings. The van der Waals surface area contributed by atoms with Gasteiger partial charge in [0, 0.05) is 29.0 Å². The van der Waals surface area contributed by atoms with Crippen molar-refractivity contribution in [3.63, 3.8) is 0 Å². The molecule has 144 valence electrons. The number of piperidine rings is 1. The third kappa shape index (κ3) is 3.80. The summed E-state index contributed by atoms with van der Waals surface area (Å²) in [6.45, 7) is 1.34. The van der Waals surface area contributed by atoms with E-state index in [0.29, 0.717) is 30.4 Å². The Morgan fingerprint density at radius 1 is 1.18 bits per heavy atom. The second-order valence-corrected chi connectivity index (χ2v) is 7.59. The first kappa shape index (κ1) is 18.7. The van der Waals surface area contributed by atoms with Gasteiger partial charge in [-0.25, -0.2) is 0 Å². The van der Waals surface area contributed by atoms with Crippen LogP contribution in [0.2, 0.25) is 0 Å². The van der Waals surface area contributed by atoms with Gasteiger partial charge in [0.1, 0.15) is 5.75 Å². The van der Waals surface area contributed by atoms with Gasteiger partial charge in [0.2, 0.25) is 11.7 Å². The van der Waals surface area contributed by atoms with Crippen LogP contribution in [-0.2, 0) is 0 Å². The number of rotatable bonds is 4. The lowest BCUT2D eigenvalue weighted by Gasteiger charge is -2.30. The highest BCUT2D eigenvalue weighted by Crippen LogP contribution is 2.30. The highest BCUT2D eigenvalue weighted by molar-refractivity contribution is 9.10. The summed E-state index contributed by atoms with van der Waals surface area (Å²) in [6, 6.07) is 15.1. The number of hydrogen-bond acceptors (Lipinski definition) is 5. The molecular formula is C21H20BrN3O3. The van der Waals surface area contributed by atoms with Crippen LogP contribution >= 0.6 is 15.9 Å². The van der Waals surface area contributed by atoms with Crippen LogP contribution in [0.15, 0.2) is 57.5 Å². The molecule has 28 heavy (non-hydrogen) atoms. The molecule has 0 radical (unpaired) electrons. The quantitative estimate of drug-likeness (QED) is 0.594. The van der Waals surface area contributed by atoms with Crippen molar-refractivity contribution in [2.75, 3.05) is 20.2 Å². The SMILES string of the molecule is COc1cccc(-c2noc(C3CCN(C(=O)c4ccccc4Br)CC3)n2)c1. The normalized spacial score (nSPS) is 14.9. The van der Waals surface area contributed by atoms with Crippen LogP contribution in [0.5, 0.6) is 5.75 Å². The molecule has 4 rings (SSSR count). The largest absolute Gasteiger partial charge is 0.497 e. The van der Waals surface area contributed by atoms with Gasteiger partial charge in [0.25, 0.3) is 5.91 Å². The highest BCUT2D eigenvalue weighted by atomic mass is 79.9. The summed E-state index contributed by atoms with van der Waals surface area (Å²) in [4.78, 5) is 19.2. The Kier molecular flexibility index (Phi) is 5.43. The molecule has 0 saturated carbocycles. The summed E-state index contributed by atoms with van der Waals surface area (Å²) in [5.41, 5.74) is 1.55. The van der Waals surface area contributed by atoms with Gasteiger partial charge in [0.15, 0.2) is 0 Å². The lowest BCUT2D eigenvalue weighted by molar-refractivity contribution is 0.0703. The predicted molar refractivity (Wildman–Crippen MR) is 108 cm³/mol. The van der Waals surface area contributed by atoms with Gasteiger partial charge in [-0.3, -0.25) is 4.79 Å². The Labute approximate surface area is 171 Å². The second-order valence-electron chi connectivity index (χ2n) is 6.73. The maximum atomic E-state index is 12.7. The predicted octanol–water partition coefficient (Wildman–Crippen LogP) is 4.53. The minimum atomic E-state index is 0.0496. The molecule has 1 amide bonds. The number of carbonyl (C=O) groups excluding carboxylic acids is 1. The molecule has 0 aliphatic carbocycles. The summed E-state index contributed by atoms with van der Waals surface area (Å²) in [6.07, 6.45) is 1.60. The highest BCUT2D eigenvalue weighted by Gasteiger charge is 2.28. The topological polar surface area (TPSA) is 68.5 Å². The van der Waals surface area contributed by atoms with E-state index in [1.54, 1.807) is 7.11 Å². The third-order valence-corrected chi connectivity index (χ3v) is 5.70. The Morgan fingerprint density at radius 2 is 1.96 bits per heavy atom. The molecule has 1 fully saturated rings. The molecule has 0 N–H and O–H groups in total. The molecular weight excluding hydrogens is 422 g/mol. The molecule has 2 aromatic carbocycles. The number of nitrogens with zero attached hydrogens (tertiary/aromatic N) is 3. The van der Waals surface area contributed by atoms with Crippen LogP contribution in [0.25, 0.3) is 11.4 Å². The van der Waals surface area contributed by atoms with Crippen molar-refractivity contribution < 1.29 is 14.1 Å². The lowest BCUT2D eigenvalue weighted by Crippen LogP contribution is -2.38. The van der Waals surface area contributed by atoms with Crippen molar-refractivity contribution in [2.24, 2.45) is 0 Å². The molecule has 1 aliphatic heterocycles. The van der Waals surface area contributed by atoms with Gasteiger partial charge in [-0.05, 0) is 53.0 Å². The van der Waals surface area contributed by atoms with Crippen molar-refractivity contribution in [3.05, 3.63) is 64.5 Å². The molecule has 1 aromatic heterocycles. The number of ether oxygens (including phenoxy) is 1. The number of amides is 1. The standard InChI is InChI=1S/C21H20BrN3O3/c1-27-16-6-4-5-15(13-16)19-23-20(28-24-19)14-9-11-25(12-10-14)21(26)17-7-2-3-8-18(17)22/h2-8,13-14H,9-12H2,1H3. The van der Waals surface area contributed by atoms with Gasteiger partial charge >= 0.3 is 0 Å². The van der Waals surface area contributed by atoms with E-state index < -0.39 is 0 Å². The Hall–Kier alpha value is -2.67. The molecule has 2 heterocycles. The van der Waals surface area contributed by atoms with Gasteiger partial charge < -0.3 is 14.2 Å². The van der Waals surface area contributed by atoms with E-state index in [9.17, 15) is 4.79 Å². The molecule has 0 spiro atoms. The Bertz CT molecular complexity index is 980. The monoisotopic (exact) mass is 441 g/mol. The molecule has 1 saturated heterocycles. The van der Waals surface area contributed by atoms with Crippen LogP contribution in [0.1, 0.15) is 35.0 Å².